The topological polar surface area (TPSA) is 24.5 Å². The van der Waals surface area contributed by atoms with Gasteiger partial charge >= 0.3 is 0 Å². The van der Waals surface area contributed by atoms with Crippen molar-refractivity contribution in [1.29, 1.82) is 0 Å². The second kappa shape index (κ2) is 3.95. The van der Waals surface area contributed by atoms with Crippen LogP contribution in [0.25, 0.3) is 0 Å². The summed E-state index contributed by atoms with van der Waals surface area (Å²) >= 11 is 0. The van der Waals surface area contributed by atoms with Crippen LogP contribution in [0, 0.1) is 0 Å². The van der Waals surface area contributed by atoms with Crippen molar-refractivity contribution in [2.24, 2.45) is 0 Å². The largest absolute Gasteiger partial charge is 0.377 e. The highest BCUT2D eigenvalue weighted by atomic mass is 16.5. The minimum atomic E-state index is 0.440. The first-order chi connectivity index (χ1) is 6.31. The Balaban J connectivity index is 1.88. The molecular weight excluding hydrogens is 164 g/mol. The molecule has 0 aliphatic carbocycles. The van der Waals surface area contributed by atoms with Gasteiger partial charge in [-0.25, -0.2) is 0 Å². The first-order valence-electron chi connectivity index (χ1n) is 5.34. The molecule has 2 rings (SSSR count). The van der Waals surface area contributed by atoms with E-state index in [-0.39, 0.29) is 0 Å². The number of likely N-dealkylation sites (N-methyl/N-ethyl adjacent to an activating group) is 1. The van der Waals surface area contributed by atoms with Gasteiger partial charge in [-0.3, -0.25) is 4.90 Å². The molecule has 0 aromatic heterocycles. The van der Waals surface area contributed by atoms with E-state index >= 15 is 0 Å². The molecule has 3 unspecified atom stereocenters. The second-order valence-corrected chi connectivity index (χ2v) is 4.20. The Kier molecular flexibility index (Phi) is 2.86. The van der Waals surface area contributed by atoms with Crippen molar-refractivity contribution in [2.75, 3.05) is 26.7 Å². The lowest BCUT2D eigenvalue weighted by molar-refractivity contribution is 0.0824. The van der Waals surface area contributed by atoms with Crippen molar-refractivity contribution in [2.45, 2.75) is 38.0 Å². The predicted molar refractivity (Wildman–Crippen MR) is 52.9 cm³/mol. The molecule has 0 radical (unpaired) electrons. The van der Waals surface area contributed by atoms with Gasteiger partial charge in [0.2, 0.25) is 0 Å². The first-order valence-corrected chi connectivity index (χ1v) is 5.34. The highest BCUT2D eigenvalue weighted by molar-refractivity contribution is 4.89. The fraction of sp³-hybridized carbons (Fsp3) is 1.00. The summed E-state index contributed by atoms with van der Waals surface area (Å²) in [6.45, 7) is 5.59. The summed E-state index contributed by atoms with van der Waals surface area (Å²) in [4.78, 5) is 2.58. The number of nitrogens with zero attached hydrogens (tertiary/aromatic N) is 1. The van der Waals surface area contributed by atoms with Crippen molar-refractivity contribution in [3.63, 3.8) is 0 Å². The van der Waals surface area contributed by atoms with Crippen LogP contribution in [0.1, 0.15) is 19.8 Å². The number of hydrogen-bond donors (Lipinski definition) is 1. The van der Waals surface area contributed by atoms with E-state index < -0.39 is 0 Å². The zero-order valence-electron chi connectivity index (χ0n) is 8.62. The van der Waals surface area contributed by atoms with Crippen LogP contribution in [0.2, 0.25) is 0 Å². The van der Waals surface area contributed by atoms with E-state index in [0.29, 0.717) is 18.2 Å². The zero-order valence-corrected chi connectivity index (χ0v) is 8.62. The zero-order chi connectivity index (χ0) is 9.26. The summed E-state index contributed by atoms with van der Waals surface area (Å²) in [5, 5.41) is 3.35. The normalized spacial score (nSPS) is 41.5. The van der Waals surface area contributed by atoms with Crippen LogP contribution in [0.4, 0.5) is 0 Å². The Morgan fingerprint density at radius 3 is 2.77 bits per heavy atom. The molecule has 3 nitrogen and oxygen atoms in total. The van der Waals surface area contributed by atoms with Crippen molar-refractivity contribution >= 4 is 0 Å². The second-order valence-electron chi connectivity index (χ2n) is 4.20. The minimum absolute atomic E-state index is 0.440. The molecule has 0 aromatic rings. The van der Waals surface area contributed by atoms with Crippen LogP contribution in [0.3, 0.4) is 0 Å². The van der Waals surface area contributed by atoms with Gasteiger partial charge in [0, 0.05) is 31.8 Å². The molecule has 1 N–H and O–H groups in total. The number of nitrogens with one attached hydrogen (secondary N) is 1. The van der Waals surface area contributed by atoms with Crippen LogP contribution < -0.4 is 5.32 Å². The highest BCUT2D eigenvalue weighted by Crippen LogP contribution is 2.23. The summed E-state index contributed by atoms with van der Waals surface area (Å²) in [5.41, 5.74) is 0. The van der Waals surface area contributed by atoms with E-state index in [9.17, 15) is 0 Å². The lowest BCUT2D eigenvalue weighted by Crippen LogP contribution is -2.40. The van der Waals surface area contributed by atoms with E-state index in [0.717, 1.165) is 6.61 Å². The minimum Gasteiger partial charge on any atom is -0.377 e. The molecular formula is C10H20N2O. The summed E-state index contributed by atoms with van der Waals surface area (Å²) in [6.07, 6.45) is 2.95. The third-order valence-corrected chi connectivity index (χ3v) is 3.43. The van der Waals surface area contributed by atoms with Crippen molar-refractivity contribution < 1.29 is 4.74 Å². The van der Waals surface area contributed by atoms with Gasteiger partial charge in [-0.1, -0.05) is 0 Å². The van der Waals surface area contributed by atoms with E-state index in [1.54, 1.807) is 0 Å². The molecule has 3 heteroatoms. The molecule has 0 bridgehead atoms. The Morgan fingerprint density at radius 1 is 1.38 bits per heavy atom. The predicted octanol–water partition coefficient (Wildman–Crippen LogP) is 0.457. The maximum absolute atomic E-state index is 5.58. The average Bonchev–Trinajstić information content (AvgIpc) is 2.71. The summed E-state index contributed by atoms with van der Waals surface area (Å²) in [5.74, 6) is 0. The molecule has 2 aliphatic rings. The monoisotopic (exact) mass is 184 g/mol. The number of likely N-dealkylation sites (tertiary alicyclic amines) is 1. The SMILES string of the molecule is CNC1CCN(C2CCOC2C)C1. The van der Waals surface area contributed by atoms with E-state index in [1.165, 1.54) is 25.9 Å². The molecule has 2 fully saturated rings. The third kappa shape index (κ3) is 1.87. The van der Waals surface area contributed by atoms with E-state index in [2.05, 4.69) is 24.2 Å². The van der Waals surface area contributed by atoms with Gasteiger partial charge in [-0.15, -0.1) is 0 Å². The van der Waals surface area contributed by atoms with Crippen LogP contribution >= 0.6 is 0 Å². The molecule has 0 spiro atoms. The van der Waals surface area contributed by atoms with Gasteiger partial charge in [-0.2, -0.15) is 0 Å². The summed E-state index contributed by atoms with van der Waals surface area (Å²) in [7, 11) is 2.06. The van der Waals surface area contributed by atoms with Crippen LogP contribution in [-0.2, 0) is 4.74 Å². The number of rotatable bonds is 2. The molecule has 0 amide bonds. The average molecular weight is 184 g/mol. The maximum atomic E-state index is 5.58. The van der Waals surface area contributed by atoms with Crippen LogP contribution in [-0.4, -0.2) is 49.8 Å². The van der Waals surface area contributed by atoms with Gasteiger partial charge in [0.1, 0.15) is 0 Å². The van der Waals surface area contributed by atoms with Crippen LogP contribution in [0.15, 0.2) is 0 Å². The van der Waals surface area contributed by atoms with Gasteiger partial charge < -0.3 is 10.1 Å². The Hall–Kier alpha value is -0.120. The van der Waals surface area contributed by atoms with Gasteiger partial charge in [0.25, 0.3) is 0 Å². The number of ether oxygens (including phenoxy) is 1. The molecule has 0 aromatic carbocycles. The van der Waals surface area contributed by atoms with Gasteiger partial charge in [0.15, 0.2) is 0 Å². The van der Waals surface area contributed by atoms with Crippen molar-refractivity contribution in [1.82, 2.24) is 10.2 Å². The first kappa shape index (κ1) is 9.44. The Morgan fingerprint density at radius 2 is 2.23 bits per heavy atom. The highest BCUT2D eigenvalue weighted by Gasteiger charge is 2.33. The Bertz CT molecular complexity index is 174. The summed E-state index contributed by atoms with van der Waals surface area (Å²) in [6, 6.07) is 1.38. The molecule has 3 atom stereocenters. The fourth-order valence-electron chi connectivity index (χ4n) is 2.52. The van der Waals surface area contributed by atoms with Gasteiger partial charge in [0.05, 0.1) is 6.10 Å². The molecule has 13 heavy (non-hydrogen) atoms. The number of hydrogen-bond acceptors (Lipinski definition) is 3. The smallest absolute Gasteiger partial charge is 0.0703 e. The molecule has 2 heterocycles. The molecule has 2 aliphatic heterocycles. The molecule has 76 valence electrons. The molecule has 0 saturated carbocycles. The standard InChI is InChI=1S/C10H20N2O/c1-8-10(4-6-13-8)12-5-3-9(7-12)11-2/h8-11H,3-7H2,1-2H3. The fourth-order valence-corrected chi connectivity index (χ4v) is 2.52. The van der Waals surface area contributed by atoms with E-state index in [4.69, 9.17) is 4.74 Å². The van der Waals surface area contributed by atoms with Gasteiger partial charge in [-0.05, 0) is 26.8 Å². The molecule has 2 saturated heterocycles. The van der Waals surface area contributed by atoms with E-state index in [1.807, 2.05) is 0 Å². The quantitative estimate of drug-likeness (QED) is 0.674. The van der Waals surface area contributed by atoms with Crippen molar-refractivity contribution in [3.05, 3.63) is 0 Å². The maximum Gasteiger partial charge on any atom is 0.0703 e. The van der Waals surface area contributed by atoms with Crippen LogP contribution in [0.5, 0.6) is 0 Å². The lowest BCUT2D eigenvalue weighted by atomic mass is 10.1. The Labute approximate surface area is 80.4 Å². The van der Waals surface area contributed by atoms with Crippen molar-refractivity contribution in [3.8, 4) is 0 Å². The lowest BCUT2D eigenvalue weighted by Gasteiger charge is -2.26. The third-order valence-electron chi connectivity index (χ3n) is 3.43. The summed E-state index contributed by atoms with van der Waals surface area (Å²) < 4.78 is 5.58.